The van der Waals surface area contributed by atoms with Crippen LogP contribution < -0.4 is 5.32 Å². The van der Waals surface area contributed by atoms with E-state index in [4.69, 9.17) is 5.11 Å². The van der Waals surface area contributed by atoms with Crippen molar-refractivity contribution in [1.29, 1.82) is 0 Å². The third-order valence-corrected chi connectivity index (χ3v) is 5.16. The number of benzene rings is 2. The van der Waals surface area contributed by atoms with Crippen LogP contribution in [0.3, 0.4) is 0 Å². The molecule has 1 amide bonds. The molecule has 0 aromatic heterocycles. The van der Waals surface area contributed by atoms with Gasteiger partial charge in [0.15, 0.2) is 0 Å². The normalized spacial score (nSPS) is 12.7. The molecule has 0 aliphatic carbocycles. The number of amides is 1. The number of ketones is 1. The summed E-state index contributed by atoms with van der Waals surface area (Å²) in [6, 6.07) is 18.1. The topological polar surface area (TPSA) is 83.5 Å². The Bertz CT molecular complexity index is 830. The van der Waals surface area contributed by atoms with Gasteiger partial charge in [0, 0.05) is 24.8 Å². The van der Waals surface area contributed by atoms with Crippen LogP contribution in [0, 0.1) is 5.92 Å². The summed E-state index contributed by atoms with van der Waals surface area (Å²) < 4.78 is 0. The van der Waals surface area contributed by atoms with Crippen LogP contribution in [0.25, 0.3) is 11.1 Å². The number of carbonyl (C=O) groups is 3. The molecule has 5 nitrogen and oxygen atoms in total. The van der Waals surface area contributed by atoms with Crippen molar-refractivity contribution >= 4 is 17.7 Å². The molecule has 0 saturated carbocycles. The van der Waals surface area contributed by atoms with E-state index in [9.17, 15) is 14.4 Å². The summed E-state index contributed by atoms with van der Waals surface area (Å²) in [5, 5.41) is 11.7. The highest BCUT2D eigenvalue weighted by molar-refractivity contribution is 5.82. The third-order valence-electron chi connectivity index (χ3n) is 5.16. The summed E-state index contributed by atoms with van der Waals surface area (Å²) in [5.74, 6) is -1.25. The van der Waals surface area contributed by atoms with Gasteiger partial charge in [0.2, 0.25) is 5.91 Å². The molecule has 5 heteroatoms. The largest absolute Gasteiger partial charge is 0.481 e. The van der Waals surface area contributed by atoms with Crippen molar-refractivity contribution in [3.63, 3.8) is 0 Å². The number of hydrogen-bond acceptors (Lipinski definition) is 3. The fraction of sp³-hybridized carbons (Fsp3) is 0.400. The predicted molar refractivity (Wildman–Crippen MR) is 118 cm³/mol. The lowest BCUT2D eigenvalue weighted by molar-refractivity contribution is -0.138. The van der Waals surface area contributed by atoms with E-state index in [1.807, 2.05) is 44.2 Å². The molecule has 0 spiro atoms. The van der Waals surface area contributed by atoms with Crippen LogP contribution in [0.4, 0.5) is 0 Å². The quantitative estimate of drug-likeness (QED) is 0.535. The van der Waals surface area contributed by atoms with Gasteiger partial charge in [-0.3, -0.25) is 14.4 Å². The van der Waals surface area contributed by atoms with Crippen molar-refractivity contribution in [3.8, 4) is 11.1 Å². The van der Waals surface area contributed by atoms with Crippen molar-refractivity contribution in [1.82, 2.24) is 5.32 Å². The van der Waals surface area contributed by atoms with Gasteiger partial charge in [-0.05, 0) is 36.0 Å². The highest BCUT2D eigenvalue weighted by atomic mass is 16.4. The standard InChI is InChI=1S/C25H31NO4/c1-3-7-23(27)18(2)16-22(26-24(28)14-15-25(29)30)17-19-10-12-21(13-11-19)20-8-5-4-6-9-20/h4-6,8-13,18,22H,3,7,14-17H2,1-2H3,(H,26,28)(H,29,30)/t18?,22-/m0/s1. The van der Waals surface area contributed by atoms with E-state index in [0.717, 1.165) is 23.1 Å². The molecule has 0 bridgehead atoms. The SMILES string of the molecule is CCCC(=O)C(C)C[C@@H](Cc1ccc(-c2ccccc2)cc1)NC(=O)CCC(=O)O. The van der Waals surface area contributed by atoms with Gasteiger partial charge in [-0.1, -0.05) is 68.4 Å². The van der Waals surface area contributed by atoms with Crippen LogP contribution >= 0.6 is 0 Å². The van der Waals surface area contributed by atoms with Gasteiger partial charge < -0.3 is 10.4 Å². The van der Waals surface area contributed by atoms with Gasteiger partial charge in [-0.15, -0.1) is 0 Å². The van der Waals surface area contributed by atoms with Crippen LogP contribution in [-0.4, -0.2) is 28.8 Å². The van der Waals surface area contributed by atoms with Gasteiger partial charge in [0.25, 0.3) is 0 Å². The van der Waals surface area contributed by atoms with Gasteiger partial charge >= 0.3 is 5.97 Å². The summed E-state index contributed by atoms with van der Waals surface area (Å²) in [6.07, 6.45) is 2.22. The summed E-state index contributed by atoms with van der Waals surface area (Å²) >= 11 is 0. The first-order valence-corrected chi connectivity index (χ1v) is 10.6. The van der Waals surface area contributed by atoms with E-state index >= 15 is 0 Å². The first kappa shape index (κ1) is 23.3. The van der Waals surface area contributed by atoms with Gasteiger partial charge in [0.1, 0.15) is 5.78 Å². The van der Waals surface area contributed by atoms with Crippen molar-refractivity contribution in [3.05, 3.63) is 60.2 Å². The maximum absolute atomic E-state index is 12.2. The van der Waals surface area contributed by atoms with E-state index in [0.29, 0.717) is 19.3 Å². The molecule has 2 rings (SSSR count). The first-order chi connectivity index (χ1) is 14.4. The van der Waals surface area contributed by atoms with Crippen LogP contribution in [-0.2, 0) is 20.8 Å². The number of aliphatic carboxylic acids is 1. The number of Topliss-reactive ketones (excluding diaryl/α,β-unsaturated/α-hetero) is 1. The minimum atomic E-state index is -0.996. The maximum Gasteiger partial charge on any atom is 0.303 e. The van der Waals surface area contributed by atoms with Crippen LogP contribution in [0.15, 0.2) is 54.6 Å². The number of hydrogen-bond donors (Lipinski definition) is 2. The molecule has 2 aromatic rings. The molecule has 160 valence electrons. The molecule has 2 atom stereocenters. The highest BCUT2D eigenvalue weighted by Gasteiger charge is 2.21. The van der Waals surface area contributed by atoms with Crippen molar-refractivity contribution < 1.29 is 19.5 Å². The lowest BCUT2D eigenvalue weighted by atomic mass is 9.91. The smallest absolute Gasteiger partial charge is 0.303 e. The molecule has 0 heterocycles. The molecular weight excluding hydrogens is 378 g/mol. The minimum Gasteiger partial charge on any atom is -0.481 e. The van der Waals surface area contributed by atoms with Gasteiger partial charge in [0.05, 0.1) is 6.42 Å². The second kappa shape index (κ2) is 11.9. The average Bonchev–Trinajstić information content (AvgIpc) is 2.73. The Morgan fingerprint density at radius 3 is 2.13 bits per heavy atom. The molecule has 1 unspecified atom stereocenters. The monoisotopic (exact) mass is 409 g/mol. The summed E-state index contributed by atoms with van der Waals surface area (Å²) in [7, 11) is 0. The number of carbonyl (C=O) groups excluding carboxylic acids is 2. The zero-order valence-corrected chi connectivity index (χ0v) is 17.8. The Balaban J connectivity index is 2.07. The van der Waals surface area contributed by atoms with Crippen molar-refractivity contribution in [2.45, 2.75) is 58.4 Å². The molecule has 2 aromatic carbocycles. The van der Waals surface area contributed by atoms with E-state index in [1.165, 1.54) is 0 Å². The number of carboxylic acids is 1. The first-order valence-electron chi connectivity index (χ1n) is 10.6. The Morgan fingerprint density at radius 1 is 0.900 bits per heavy atom. The van der Waals surface area contributed by atoms with Crippen LogP contribution in [0.2, 0.25) is 0 Å². The summed E-state index contributed by atoms with van der Waals surface area (Å²) in [5.41, 5.74) is 3.32. The Morgan fingerprint density at radius 2 is 1.53 bits per heavy atom. The van der Waals surface area contributed by atoms with E-state index in [2.05, 4.69) is 29.6 Å². The summed E-state index contributed by atoms with van der Waals surface area (Å²) in [6.45, 7) is 3.87. The average molecular weight is 410 g/mol. The van der Waals surface area contributed by atoms with Gasteiger partial charge in [-0.25, -0.2) is 0 Å². The predicted octanol–water partition coefficient (Wildman–Crippen LogP) is 4.64. The molecule has 0 saturated heterocycles. The van der Waals surface area contributed by atoms with Crippen molar-refractivity contribution in [2.24, 2.45) is 5.92 Å². The van der Waals surface area contributed by atoms with E-state index < -0.39 is 5.97 Å². The molecule has 0 aliphatic rings. The highest BCUT2D eigenvalue weighted by Crippen LogP contribution is 2.21. The molecular formula is C25H31NO4. The maximum atomic E-state index is 12.2. The van der Waals surface area contributed by atoms with E-state index in [1.54, 1.807) is 0 Å². The second-order valence-electron chi connectivity index (χ2n) is 7.78. The fourth-order valence-electron chi connectivity index (χ4n) is 3.51. The van der Waals surface area contributed by atoms with Gasteiger partial charge in [-0.2, -0.15) is 0 Å². The number of nitrogens with one attached hydrogen (secondary N) is 1. The third kappa shape index (κ3) is 7.82. The van der Waals surface area contributed by atoms with Crippen molar-refractivity contribution in [2.75, 3.05) is 0 Å². The lowest BCUT2D eigenvalue weighted by Crippen LogP contribution is -2.38. The zero-order valence-electron chi connectivity index (χ0n) is 17.8. The zero-order chi connectivity index (χ0) is 21.9. The van der Waals surface area contributed by atoms with Crippen LogP contribution in [0.5, 0.6) is 0 Å². The molecule has 2 N–H and O–H groups in total. The van der Waals surface area contributed by atoms with E-state index in [-0.39, 0.29) is 36.5 Å². The Labute approximate surface area is 178 Å². The van der Waals surface area contributed by atoms with Crippen LogP contribution in [0.1, 0.15) is 51.5 Å². The Hall–Kier alpha value is -2.95. The summed E-state index contributed by atoms with van der Waals surface area (Å²) in [4.78, 5) is 35.2. The second-order valence-corrected chi connectivity index (χ2v) is 7.78. The fourth-order valence-corrected chi connectivity index (χ4v) is 3.51. The molecule has 0 radical (unpaired) electrons. The number of rotatable bonds is 12. The number of carboxylic acid groups (broad SMARTS) is 1. The molecule has 30 heavy (non-hydrogen) atoms. The Kier molecular flexibility index (Phi) is 9.26. The lowest BCUT2D eigenvalue weighted by Gasteiger charge is -2.22. The molecule has 0 aliphatic heterocycles. The molecule has 0 fully saturated rings. The minimum absolute atomic E-state index is 0.0595.